The Balaban J connectivity index is 1.24. The summed E-state index contributed by atoms with van der Waals surface area (Å²) < 4.78 is 13.9. The molecule has 2 fully saturated rings. The Kier molecular flexibility index (Phi) is 6.63. The summed E-state index contributed by atoms with van der Waals surface area (Å²) in [6.07, 6.45) is 8.86. The van der Waals surface area contributed by atoms with Crippen LogP contribution < -0.4 is 16.2 Å². The second kappa shape index (κ2) is 10.2. The number of nitrogens with zero attached hydrogens (tertiary/aromatic N) is 3. The van der Waals surface area contributed by atoms with E-state index in [4.69, 9.17) is 4.98 Å². The topological polar surface area (TPSA) is 108 Å². The lowest BCUT2D eigenvalue weighted by Crippen LogP contribution is -2.34. The number of aromatic nitrogens is 4. The fraction of sp³-hybridized carbons (Fsp3) is 0.379. The van der Waals surface area contributed by atoms with Crippen molar-refractivity contribution >= 4 is 22.8 Å². The summed E-state index contributed by atoms with van der Waals surface area (Å²) in [7, 11) is 0. The number of imidazole rings is 1. The van der Waals surface area contributed by atoms with Gasteiger partial charge in [-0.15, -0.1) is 0 Å². The molecule has 4 heterocycles. The van der Waals surface area contributed by atoms with E-state index >= 15 is 0 Å². The molecule has 1 aliphatic heterocycles. The number of amides is 1. The van der Waals surface area contributed by atoms with Crippen molar-refractivity contribution in [2.45, 2.75) is 57.5 Å². The van der Waals surface area contributed by atoms with Crippen molar-refractivity contribution in [2.24, 2.45) is 11.8 Å². The molecule has 6 rings (SSSR count). The number of fused-ring (bicyclic) bond motifs is 2. The molecule has 4 aromatic rings. The summed E-state index contributed by atoms with van der Waals surface area (Å²) in [6, 6.07) is 10.8. The summed E-state index contributed by atoms with van der Waals surface area (Å²) in [5, 5.41) is 3.00. The van der Waals surface area contributed by atoms with E-state index in [9.17, 15) is 9.18 Å². The fourth-order valence-electron chi connectivity index (χ4n) is 5.94. The minimum absolute atomic E-state index is 0.0146. The zero-order chi connectivity index (χ0) is 26.2. The highest BCUT2D eigenvalue weighted by molar-refractivity contribution is 5.91. The quantitative estimate of drug-likeness (QED) is 0.281. The van der Waals surface area contributed by atoms with Gasteiger partial charge in [-0.3, -0.25) is 15.2 Å². The van der Waals surface area contributed by atoms with Gasteiger partial charge >= 0.3 is 0 Å². The molecular formula is C29H32FN7O. The molecule has 8 nitrogen and oxygen atoms in total. The molecule has 38 heavy (non-hydrogen) atoms. The van der Waals surface area contributed by atoms with Crippen molar-refractivity contribution < 1.29 is 9.18 Å². The minimum Gasteiger partial charge on any atom is -0.339 e. The maximum Gasteiger partial charge on any atom is 0.224 e. The molecule has 4 atom stereocenters. The molecule has 1 amide bonds. The van der Waals surface area contributed by atoms with Crippen LogP contribution in [-0.2, 0) is 4.79 Å². The molecule has 0 radical (unpaired) electrons. The summed E-state index contributed by atoms with van der Waals surface area (Å²) in [5.41, 5.74) is 11.9. The Morgan fingerprint density at radius 3 is 2.89 bits per heavy atom. The number of hydrogen-bond donors (Lipinski definition) is 4. The van der Waals surface area contributed by atoms with Gasteiger partial charge in [0.25, 0.3) is 0 Å². The van der Waals surface area contributed by atoms with Crippen molar-refractivity contribution in [1.82, 2.24) is 30.8 Å². The van der Waals surface area contributed by atoms with Crippen LogP contribution in [0.15, 0.2) is 55.0 Å². The number of rotatable bonds is 6. The van der Waals surface area contributed by atoms with Gasteiger partial charge in [0.2, 0.25) is 5.91 Å². The van der Waals surface area contributed by atoms with Crippen LogP contribution in [0.4, 0.5) is 10.1 Å². The van der Waals surface area contributed by atoms with Gasteiger partial charge in [0.15, 0.2) is 5.65 Å². The molecule has 1 saturated carbocycles. The van der Waals surface area contributed by atoms with E-state index in [0.717, 1.165) is 53.0 Å². The van der Waals surface area contributed by atoms with Crippen LogP contribution >= 0.6 is 0 Å². The molecule has 0 spiro atoms. The maximum absolute atomic E-state index is 13.9. The minimum atomic E-state index is -0.275. The summed E-state index contributed by atoms with van der Waals surface area (Å²) in [4.78, 5) is 29.5. The van der Waals surface area contributed by atoms with E-state index in [1.165, 1.54) is 12.1 Å². The van der Waals surface area contributed by atoms with Crippen molar-refractivity contribution in [1.29, 1.82) is 0 Å². The first-order chi connectivity index (χ1) is 18.4. The lowest BCUT2D eigenvalue weighted by Gasteiger charge is -2.33. The Morgan fingerprint density at radius 1 is 1.16 bits per heavy atom. The Hall–Kier alpha value is -3.69. The van der Waals surface area contributed by atoms with E-state index < -0.39 is 0 Å². The lowest BCUT2D eigenvalue weighted by molar-refractivity contribution is -0.116. The summed E-state index contributed by atoms with van der Waals surface area (Å²) in [5.74, 6) is 1.52. The van der Waals surface area contributed by atoms with Crippen molar-refractivity contribution in [3.05, 3.63) is 72.2 Å². The highest BCUT2D eigenvalue weighted by atomic mass is 19.1. The van der Waals surface area contributed by atoms with Crippen LogP contribution in [0.2, 0.25) is 0 Å². The van der Waals surface area contributed by atoms with Crippen LogP contribution in [0.25, 0.3) is 22.3 Å². The normalized spacial score (nSPS) is 23.1. The van der Waals surface area contributed by atoms with Crippen molar-refractivity contribution in [2.75, 3.05) is 5.32 Å². The predicted octanol–water partition coefficient (Wildman–Crippen LogP) is 5.25. The standard InChI is InChI=1S/C29H32FN7O/c1-16(2)10-25(38)33-21-12-19(14-31-15-21)17-6-7-24-23(13-17)27(37-36-24)29-34-26-22(8-9-32-28(26)35-29)18-4-3-5-20(30)11-18/h3-5,8-9,11-12,14-17,23-24,27,36-37H,6-7,10,13H2,1-2H3,(H,33,38)(H,32,34,35). The first kappa shape index (κ1) is 24.6. The number of hydrazine groups is 1. The molecule has 4 N–H and O–H groups in total. The largest absolute Gasteiger partial charge is 0.339 e. The first-order valence-corrected chi connectivity index (χ1v) is 13.3. The third-order valence-electron chi connectivity index (χ3n) is 7.70. The molecule has 9 heteroatoms. The predicted molar refractivity (Wildman–Crippen MR) is 144 cm³/mol. The van der Waals surface area contributed by atoms with E-state index in [2.05, 4.69) is 37.2 Å². The number of nitrogens with one attached hydrogen (secondary N) is 4. The van der Waals surface area contributed by atoms with Crippen LogP contribution in [0.1, 0.15) is 62.9 Å². The average Bonchev–Trinajstić information content (AvgIpc) is 3.52. The van der Waals surface area contributed by atoms with Gasteiger partial charge in [0.1, 0.15) is 11.6 Å². The number of carbonyl (C=O) groups is 1. The average molecular weight is 514 g/mol. The lowest BCUT2D eigenvalue weighted by atomic mass is 9.73. The number of carbonyl (C=O) groups excluding carboxylic acids is 1. The number of benzene rings is 1. The van der Waals surface area contributed by atoms with Gasteiger partial charge in [-0.2, -0.15) is 0 Å². The molecule has 1 aliphatic carbocycles. The van der Waals surface area contributed by atoms with Gasteiger partial charge in [-0.25, -0.2) is 19.8 Å². The smallest absolute Gasteiger partial charge is 0.224 e. The molecule has 4 unspecified atom stereocenters. The zero-order valence-electron chi connectivity index (χ0n) is 21.5. The van der Waals surface area contributed by atoms with Gasteiger partial charge in [0.05, 0.1) is 23.4 Å². The third-order valence-corrected chi connectivity index (χ3v) is 7.70. The van der Waals surface area contributed by atoms with Crippen LogP contribution in [0, 0.1) is 17.7 Å². The molecule has 196 valence electrons. The SMILES string of the molecule is CC(C)CC(=O)Nc1cncc(C2CCC3NNC(c4nc5nccc(-c6cccc(F)c6)c5[nH]4)C3C2)c1. The highest BCUT2D eigenvalue weighted by Gasteiger charge is 2.42. The van der Waals surface area contributed by atoms with Crippen molar-refractivity contribution in [3.63, 3.8) is 0 Å². The van der Waals surface area contributed by atoms with Crippen LogP contribution in [0.3, 0.4) is 0 Å². The second-order valence-corrected chi connectivity index (χ2v) is 10.9. The summed E-state index contributed by atoms with van der Waals surface area (Å²) in [6.45, 7) is 4.07. The van der Waals surface area contributed by atoms with Gasteiger partial charge < -0.3 is 10.3 Å². The molecule has 1 saturated heterocycles. The maximum atomic E-state index is 13.9. The van der Waals surface area contributed by atoms with Crippen LogP contribution in [-0.4, -0.2) is 31.9 Å². The van der Waals surface area contributed by atoms with Crippen molar-refractivity contribution in [3.8, 4) is 11.1 Å². The Morgan fingerprint density at radius 2 is 2.05 bits per heavy atom. The number of halogens is 1. The molecule has 2 aliphatic rings. The van der Waals surface area contributed by atoms with E-state index in [1.807, 2.05) is 32.2 Å². The number of pyridine rings is 2. The Bertz CT molecular complexity index is 1470. The molecule has 1 aromatic carbocycles. The second-order valence-electron chi connectivity index (χ2n) is 10.9. The van der Waals surface area contributed by atoms with Crippen LogP contribution in [0.5, 0.6) is 0 Å². The van der Waals surface area contributed by atoms with E-state index in [0.29, 0.717) is 35.9 Å². The third kappa shape index (κ3) is 4.91. The molecular weight excluding hydrogens is 481 g/mol. The van der Waals surface area contributed by atoms with Gasteiger partial charge in [-0.05, 0) is 72.4 Å². The monoisotopic (exact) mass is 513 g/mol. The number of anilines is 1. The Labute approximate surface area is 220 Å². The summed E-state index contributed by atoms with van der Waals surface area (Å²) >= 11 is 0. The number of H-pyrrole nitrogens is 1. The fourth-order valence-corrected chi connectivity index (χ4v) is 5.94. The molecule has 0 bridgehead atoms. The van der Waals surface area contributed by atoms with Gasteiger partial charge in [-0.1, -0.05) is 26.0 Å². The van der Waals surface area contributed by atoms with Gasteiger partial charge in [0, 0.05) is 30.4 Å². The first-order valence-electron chi connectivity index (χ1n) is 13.3. The highest BCUT2D eigenvalue weighted by Crippen LogP contribution is 2.44. The molecule has 3 aromatic heterocycles. The zero-order valence-corrected chi connectivity index (χ0v) is 21.5. The van der Waals surface area contributed by atoms with E-state index in [1.54, 1.807) is 18.5 Å². The van der Waals surface area contributed by atoms with E-state index in [-0.39, 0.29) is 17.8 Å². The number of aromatic amines is 1. The number of hydrogen-bond acceptors (Lipinski definition) is 6.